The van der Waals surface area contributed by atoms with Gasteiger partial charge in [0.1, 0.15) is 11.6 Å². The van der Waals surface area contributed by atoms with E-state index in [9.17, 15) is 18.9 Å². The lowest BCUT2D eigenvalue weighted by Gasteiger charge is -2.10. The normalized spacial score (nSPS) is 10.3. The van der Waals surface area contributed by atoms with Gasteiger partial charge < -0.3 is 9.84 Å². The minimum atomic E-state index is -0.924. The zero-order valence-electron chi connectivity index (χ0n) is 10.0. The Labute approximate surface area is 112 Å². The maximum Gasteiger partial charge on any atom is 0.314 e. The van der Waals surface area contributed by atoms with E-state index >= 15 is 0 Å². The van der Waals surface area contributed by atoms with Crippen molar-refractivity contribution in [3.05, 3.63) is 63.7 Å². The largest absolute Gasteiger partial charge is 0.447 e. The van der Waals surface area contributed by atoms with Gasteiger partial charge in [0.25, 0.3) is 0 Å². The third-order valence-corrected chi connectivity index (χ3v) is 2.55. The molecule has 0 spiro atoms. The zero-order chi connectivity index (χ0) is 14.7. The van der Waals surface area contributed by atoms with E-state index in [0.717, 1.165) is 30.3 Å². The summed E-state index contributed by atoms with van der Waals surface area (Å²) >= 11 is 0. The van der Waals surface area contributed by atoms with Gasteiger partial charge in [-0.25, -0.2) is 8.78 Å². The van der Waals surface area contributed by atoms with Crippen molar-refractivity contribution < 1.29 is 23.5 Å². The van der Waals surface area contributed by atoms with Crippen molar-refractivity contribution in [3.63, 3.8) is 0 Å². The molecule has 0 aliphatic heterocycles. The van der Waals surface area contributed by atoms with Crippen molar-refractivity contribution in [2.24, 2.45) is 0 Å². The smallest absolute Gasteiger partial charge is 0.314 e. The number of nitro benzene ring substituents is 1. The number of benzene rings is 2. The molecular weight excluding hydrogens is 272 g/mol. The van der Waals surface area contributed by atoms with Crippen LogP contribution in [0.1, 0.15) is 5.56 Å². The number of ether oxygens (including phenoxy) is 1. The summed E-state index contributed by atoms with van der Waals surface area (Å²) in [5.41, 5.74) is -0.499. The summed E-state index contributed by atoms with van der Waals surface area (Å²) in [5, 5.41) is 19.9. The summed E-state index contributed by atoms with van der Waals surface area (Å²) in [4.78, 5) is 10.0. The minimum absolute atomic E-state index is 0.0536. The molecule has 20 heavy (non-hydrogen) atoms. The summed E-state index contributed by atoms with van der Waals surface area (Å²) in [6.45, 7) is -0.546. The van der Waals surface area contributed by atoms with Crippen LogP contribution in [0.15, 0.2) is 36.4 Å². The Bertz CT molecular complexity index is 661. The highest BCUT2D eigenvalue weighted by atomic mass is 19.1. The molecule has 0 heterocycles. The molecule has 0 atom stereocenters. The molecule has 7 heteroatoms. The molecule has 104 valence electrons. The van der Waals surface area contributed by atoms with Crippen LogP contribution in [0.4, 0.5) is 14.5 Å². The van der Waals surface area contributed by atoms with Crippen molar-refractivity contribution in [3.8, 4) is 11.5 Å². The maximum absolute atomic E-state index is 13.6. The van der Waals surface area contributed by atoms with Crippen LogP contribution in [-0.4, -0.2) is 10.0 Å². The van der Waals surface area contributed by atoms with Crippen LogP contribution in [0.3, 0.4) is 0 Å². The summed E-state index contributed by atoms with van der Waals surface area (Å²) in [7, 11) is 0. The number of aliphatic hydroxyl groups is 1. The summed E-state index contributed by atoms with van der Waals surface area (Å²) in [6, 6.07) is 6.48. The fourth-order valence-electron chi connectivity index (χ4n) is 1.62. The third-order valence-electron chi connectivity index (χ3n) is 2.55. The van der Waals surface area contributed by atoms with Crippen LogP contribution < -0.4 is 4.74 Å². The number of hydrogen-bond donors (Lipinski definition) is 1. The van der Waals surface area contributed by atoms with E-state index in [4.69, 9.17) is 9.84 Å². The highest BCUT2D eigenvalue weighted by molar-refractivity contribution is 5.50. The van der Waals surface area contributed by atoms with Gasteiger partial charge in [-0.3, -0.25) is 10.1 Å². The molecule has 0 unspecified atom stereocenters. The molecule has 0 fully saturated rings. The molecule has 0 bridgehead atoms. The maximum atomic E-state index is 13.6. The molecule has 0 amide bonds. The molecule has 0 saturated heterocycles. The lowest BCUT2D eigenvalue weighted by molar-refractivity contribution is -0.385. The van der Waals surface area contributed by atoms with E-state index in [1.54, 1.807) is 0 Å². The molecule has 5 nitrogen and oxygen atoms in total. The molecule has 0 aliphatic carbocycles. The van der Waals surface area contributed by atoms with Gasteiger partial charge in [-0.05, 0) is 24.3 Å². The Hall–Kier alpha value is -2.54. The highest BCUT2D eigenvalue weighted by Gasteiger charge is 2.21. The SMILES string of the molecule is O=[N+]([O-])c1cccc(F)c1Oc1ccc(F)cc1CO. The van der Waals surface area contributed by atoms with Crippen LogP contribution in [0.5, 0.6) is 11.5 Å². The van der Waals surface area contributed by atoms with E-state index < -0.39 is 34.6 Å². The predicted octanol–water partition coefficient (Wildman–Crippen LogP) is 3.16. The number of halogens is 2. The Morgan fingerprint density at radius 3 is 2.65 bits per heavy atom. The number of para-hydroxylation sites is 1. The first-order chi connectivity index (χ1) is 9.52. The van der Waals surface area contributed by atoms with Crippen LogP contribution in [0, 0.1) is 21.7 Å². The third kappa shape index (κ3) is 2.72. The second-order valence-electron chi connectivity index (χ2n) is 3.86. The van der Waals surface area contributed by atoms with Gasteiger partial charge >= 0.3 is 5.69 Å². The second-order valence-corrected chi connectivity index (χ2v) is 3.86. The molecule has 0 aromatic heterocycles. The molecule has 0 saturated carbocycles. The first-order valence-electron chi connectivity index (χ1n) is 5.53. The van der Waals surface area contributed by atoms with E-state index in [2.05, 4.69) is 0 Å². The van der Waals surface area contributed by atoms with Crippen molar-refractivity contribution in [1.82, 2.24) is 0 Å². The summed E-state index contributed by atoms with van der Waals surface area (Å²) in [6.07, 6.45) is 0. The van der Waals surface area contributed by atoms with E-state index in [1.165, 1.54) is 6.07 Å². The summed E-state index contributed by atoms with van der Waals surface area (Å²) < 4.78 is 31.8. The lowest BCUT2D eigenvalue weighted by atomic mass is 10.2. The molecular formula is C13H9F2NO4. The molecule has 2 rings (SSSR count). The topological polar surface area (TPSA) is 72.6 Å². The predicted molar refractivity (Wildman–Crippen MR) is 65.5 cm³/mol. The van der Waals surface area contributed by atoms with Gasteiger partial charge in [-0.15, -0.1) is 0 Å². The van der Waals surface area contributed by atoms with E-state index in [0.29, 0.717) is 0 Å². The molecule has 2 aromatic rings. The Kier molecular flexibility index (Phi) is 3.90. The molecule has 1 N–H and O–H groups in total. The minimum Gasteiger partial charge on any atom is -0.447 e. The average molecular weight is 281 g/mol. The number of hydrogen-bond acceptors (Lipinski definition) is 4. The fourth-order valence-corrected chi connectivity index (χ4v) is 1.62. The van der Waals surface area contributed by atoms with Gasteiger partial charge in [0.15, 0.2) is 5.82 Å². The van der Waals surface area contributed by atoms with Gasteiger partial charge in [0.2, 0.25) is 5.75 Å². The molecule has 0 radical (unpaired) electrons. The molecule has 0 aliphatic rings. The van der Waals surface area contributed by atoms with Crippen LogP contribution in [0.25, 0.3) is 0 Å². The Morgan fingerprint density at radius 2 is 2.00 bits per heavy atom. The highest BCUT2D eigenvalue weighted by Crippen LogP contribution is 2.35. The van der Waals surface area contributed by atoms with Crippen LogP contribution in [0.2, 0.25) is 0 Å². The molecule has 2 aromatic carbocycles. The van der Waals surface area contributed by atoms with Gasteiger partial charge in [-0.1, -0.05) is 6.07 Å². The Balaban J connectivity index is 2.47. The van der Waals surface area contributed by atoms with Gasteiger partial charge in [0, 0.05) is 11.6 Å². The lowest BCUT2D eigenvalue weighted by Crippen LogP contribution is -1.98. The standard InChI is InChI=1S/C13H9F2NO4/c14-9-4-5-12(8(6-9)7-17)20-13-10(15)2-1-3-11(13)16(18)19/h1-6,17H,7H2. The second kappa shape index (κ2) is 5.62. The van der Waals surface area contributed by atoms with Crippen molar-refractivity contribution in [1.29, 1.82) is 0 Å². The average Bonchev–Trinajstić information content (AvgIpc) is 2.42. The van der Waals surface area contributed by atoms with Crippen molar-refractivity contribution >= 4 is 5.69 Å². The number of nitrogens with zero attached hydrogens (tertiary/aromatic N) is 1. The van der Waals surface area contributed by atoms with Gasteiger partial charge in [-0.2, -0.15) is 0 Å². The number of nitro groups is 1. The number of rotatable bonds is 4. The zero-order valence-corrected chi connectivity index (χ0v) is 10.0. The van der Waals surface area contributed by atoms with Crippen molar-refractivity contribution in [2.75, 3.05) is 0 Å². The van der Waals surface area contributed by atoms with E-state index in [-0.39, 0.29) is 11.3 Å². The quantitative estimate of drug-likeness (QED) is 0.690. The van der Waals surface area contributed by atoms with Gasteiger partial charge in [0.05, 0.1) is 11.5 Å². The first-order valence-corrected chi connectivity index (χ1v) is 5.53. The fraction of sp³-hybridized carbons (Fsp3) is 0.0769. The summed E-state index contributed by atoms with van der Waals surface area (Å²) in [5.74, 6) is -2.17. The number of aliphatic hydroxyl groups excluding tert-OH is 1. The van der Waals surface area contributed by atoms with Crippen LogP contribution in [-0.2, 0) is 6.61 Å². The monoisotopic (exact) mass is 281 g/mol. The Morgan fingerprint density at radius 1 is 1.25 bits per heavy atom. The van der Waals surface area contributed by atoms with Crippen molar-refractivity contribution in [2.45, 2.75) is 6.61 Å². The first kappa shape index (κ1) is 13.9. The van der Waals surface area contributed by atoms with Crippen LogP contribution >= 0.6 is 0 Å². The van der Waals surface area contributed by atoms with E-state index in [1.807, 2.05) is 0 Å².